The average Bonchev–Trinajstić information content (AvgIpc) is 3.94. The molecular formula is C63H38N4S. The SMILES string of the molecule is c1ccc(-c2cccc3c2c2cc4ccccc4cc2n3-c2ccc(-c3nc(-c4cccc5ccccc45)nc(-c4cccc5ccccc45)n3)c(-c3ccc4sc5ccccc5c4c3)c2)cc1. The Bertz CT molecular complexity index is 4230. The maximum Gasteiger partial charge on any atom is 0.164 e. The van der Waals surface area contributed by atoms with Crippen molar-refractivity contribution in [3.63, 3.8) is 0 Å². The predicted octanol–water partition coefficient (Wildman–Crippen LogP) is 17.1. The Hall–Kier alpha value is -8.77. The van der Waals surface area contributed by atoms with Crippen LogP contribution in [0.25, 0.3) is 136 Å². The highest BCUT2D eigenvalue weighted by Crippen LogP contribution is 2.44. The molecule has 0 atom stereocenters. The van der Waals surface area contributed by atoms with E-state index < -0.39 is 0 Å². The third kappa shape index (κ3) is 6.17. The highest BCUT2D eigenvalue weighted by Gasteiger charge is 2.22. The van der Waals surface area contributed by atoms with Crippen LogP contribution in [0.1, 0.15) is 0 Å². The fourth-order valence-corrected chi connectivity index (χ4v) is 11.6. The highest BCUT2D eigenvalue weighted by atomic mass is 32.1. The van der Waals surface area contributed by atoms with Gasteiger partial charge < -0.3 is 4.57 Å². The number of rotatable bonds is 6. The van der Waals surface area contributed by atoms with Crippen LogP contribution in [0, 0.1) is 0 Å². The van der Waals surface area contributed by atoms with Crippen molar-refractivity contribution >= 4 is 85.6 Å². The van der Waals surface area contributed by atoms with E-state index in [1.165, 1.54) is 52.8 Å². The second kappa shape index (κ2) is 15.4. The van der Waals surface area contributed by atoms with E-state index >= 15 is 0 Å². The third-order valence-electron chi connectivity index (χ3n) is 13.6. The van der Waals surface area contributed by atoms with Crippen LogP contribution in [0.15, 0.2) is 231 Å². The minimum Gasteiger partial charge on any atom is -0.309 e. The van der Waals surface area contributed by atoms with Crippen molar-refractivity contribution in [1.29, 1.82) is 0 Å². The Kier molecular flexibility index (Phi) is 8.73. The van der Waals surface area contributed by atoms with Gasteiger partial charge in [0.1, 0.15) is 0 Å². The molecule has 0 radical (unpaired) electrons. The molecule has 0 saturated heterocycles. The van der Waals surface area contributed by atoms with Crippen molar-refractivity contribution in [2.45, 2.75) is 0 Å². The van der Waals surface area contributed by atoms with Crippen molar-refractivity contribution in [2.24, 2.45) is 0 Å². The molecule has 0 aliphatic carbocycles. The lowest BCUT2D eigenvalue weighted by Gasteiger charge is -2.16. The molecule has 0 bridgehead atoms. The summed E-state index contributed by atoms with van der Waals surface area (Å²) in [6, 6.07) is 83.0. The van der Waals surface area contributed by atoms with Gasteiger partial charge in [0.05, 0.1) is 11.0 Å². The number of hydrogen-bond acceptors (Lipinski definition) is 4. The van der Waals surface area contributed by atoms with Gasteiger partial charge in [0.2, 0.25) is 0 Å². The van der Waals surface area contributed by atoms with Crippen LogP contribution in [0.2, 0.25) is 0 Å². The molecule has 0 saturated carbocycles. The predicted molar refractivity (Wildman–Crippen MR) is 287 cm³/mol. The minimum atomic E-state index is 0.613. The number of fused-ring (bicyclic) bond motifs is 9. The summed E-state index contributed by atoms with van der Waals surface area (Å²) in [5.41, 5.74) is 10.7. The van der Waals surface area contributed by atoms with E-state index in [1.807, 2.05) is 11.3 Å². The number of aromatic nitrogens is 4. The summed E-state index contributed by atoms with van der Waals surface area (Å²) in [5, 5.41) is 11.8. The summed E-state index contributed by atoms with van der Waals surface area (Å²) >= 11 is 1.83. The summed E-state index contributed by atoms with van der Waals surface area (Å²) in [4.78, 5) is 16.3. The molecule has 68 heavy (non-hydrogen) atoms. The van der Waals surface area contributed by atoms with Gasteiger partial charge in [-0.05, 0) is 109 Å². The molecule has 0 aliphatic heterocycles. The second-order valence-electron chi connectivity index (χ2n) is 17.5. The smallest absolute Gasteiger partial charge is 0.164 e. The van der Waals surface area contributed by atoms with E-state index in [9.17, 15) is 0 Å². The van der Waals surface area contributed by atoms with E-state index in [-0.39, 0.29) is 0 Å². The third-order valence-corrected chi connectivity index (χ3v) is 14.8. The van der Waals surface area contributed by atoms with E-state index in [1.54, 1.807) is 0 Å². The topological polar surface area (TPSA) is 43.6 Å². The van der Waals surface area contributed by atoms with E-state index in [2.05, 4.69) is 235 Å². The van der Waals surface area contributed by atoms with Crippen LogP contribution in [-0.2, 0) is 0 Å². The minimum absolute atomic E-state index is 0.613. The van der Waals surface area contributed by atoms with Crippen LogP contribution in [0.3, 0.4) is 0 Å². The van der Waals surface area contributed by atoms with Crippen LogP contribution in [0.5, 0.6) is 0 Å². The van der Waals surface area contributed by atoms with Crippen LogP contribution in [0.4, 0.5) is 0 Å². The monoisotopic (exact) mass is 882 g/mol. The zero-order valence-corrected chi connectivity index (χ0v) is 37.5. The molecule has 0 amide bonds. The molecule has 0 fully saturated rings. The lowest BCUT2D eigenvalue weighted by molar-refractivity contribution is 1.08. The molecule has 0 unspecified atom stereocenters. The van der Waals surface area contributed by atoms with Gasteiger partial charge in [-0.1, -0.05) is 176 Å². The molecule has 3 aromatic heterocycles. The fraction of sp³-hybridized carbons (Fsp3) is 0. The first-order chi connectivity index (χ1) is 33.7. The van der Waals surface area contributed by atoms with Crippen LogP contribution >= 0.6 is 11.3 Å². The summed E-state index contributed by atoms with van der Waals surface area (Å²) in [5.74, 6) is 1.88. The van der Waals surface area contributed by atoms with Crippen molar-refractivity contribution in [1.82, 2.24) is 19.5 Å². The zero-order valence-electron chi connectivity index (χ0n) is 36.6. The van der Waals surface area contributed by atoms with Gasteiger partial charge in [-0.3, -0.25) is 0 Å². The Morgan fingerprint density at radius 3 is 1.57 bits per heavy atom. The summed E-state index contributed by atoms with van der Waals surface area (Å²) in [7, 11) is 0. The first-order valence-electron chi connectivity index (χ1n) is 23.0. The van der Waals surface area contributed by atoms with Gasteiger partial charge in [0.15, 0.2) is 17.5 Å². The van der Waals surface area contributed by atoms with Gasteiger partial charge in [-0.25, -0.2) is 15.0 Å². The molecule has 11 aromatic carbocycles. The molecule has 0 spiro atoms. The molecule has 4 nitrogen and oxygen atoms in total. The Morgan fingerprint density at radius 1 is 0.294 bits per heavy atom. The molecule has 14 aromatic rings. The molecule has 5 heteroatoms. The Labute approximate surface area is 395 Å². The second-order valence-corrected chi connectivity index (χ2v) is 18.6. The van der Waals surface area contributed by atoms with E-state index in [4.69, 9.17) is 15.0 Å². The molecule has 3 heterocycles. The van der Waals surface area contributed by atoms with E-state index in [0.717, 1.165) is 66.1 Å². The highest BCUT2D eigenvalue weighted by molar-refractivity contribution is 7.25. The molecular weight excluding hydrogens is 845 g/mol. The lowest BCUT2D eigenvalue weighted by atomic mass is 9.96. The molecule has 316 valence electrons. The number of nitrogens with zero attached hydrogens (tertiary/aromatic N) is 4. The van der Waals surface area contributed by atoms with Gasteiger partial charge in [0, 0.05) is 53.3 Å². The van der Waals surface area contributed by atoms with Gasteiger partial charge in [-0.2, -0.15) is 0 Å². The van der Waals surface area contributed by atoms with Gasteiger partial charge >= 0.3 is 0 Å². The average molecular weight is 883 g/mol. The quantitative estimate of drug-likeness (QED) is 0.167. The molecule has 14 rings (SSSR count). The Balaban J connectivity index is 1.07. The Morgan fingerprint density at radius 2 is 0.853 bits per heavy atom. The maximum atomic E-state index is 5.46. The standard InChI is InChI=1S/C63H38N4S/c1-2-15-41(16-3-1)48-26-14-29-56-60(48)55-35-42-19-4-5-20-43(42)37-57(55)67(56)45-32-33-52(53(38-45)44-31-34-59-54(36-44)49-25-10-11-30-58(49)68-59)63-65-61(50-27-12-21-39-17-6-8-23-46(39)50)64-62(66-63)51-28-13-22-40-18-7-9-24-47(40)51/h1-38H. The summed E-state index contributed by atoms with van der Waals surface area (Å²) in [6.07, 6.45) is 0. The first-order valence-corrected chi connectivity index (χ1v) is 23.8. The van der Waals surface area contributed by atoms with Crippen molar-refractivity contribution in [3.05, 3.63) is 231 Å². The zero-order chi connectivity index (χ0) is 44.7. The maximum absolute atomic E-state index is 5.46. The normalized spacial score (nSPS) is 11.8. The van der Waals surface area contributed by atoms with Gasteiger partial charge in [0.25, 0.3) is 0 Å². The van der Waals surface area contributed by atoms with E-state index in [0.29, 0.717) is 17.5 Å². The fourth-order valence-electron chi connectivity index (χ4n) is 10.5. The number of thiophene rings is 1. The van der Waals surface area contributed by atoms with Crippen molar-refractivity contribution in [2.75, 3.05) is 0 Å². The summed E-state index contributed by atoms with van der Waals surface area (Å²) < 4.78 is 4.98. The van der Waals surface area contributed by atoms with Crippen molar-refractivity contribution < 1.29 is 0 Å². The number of hydrogen-bond donors (Lipinski definition) is 0. The summed E-state index contributed by atoms with van der Waals surface area (Å²) in [6.45, 7) is 0. The van der Waals surface area contributed by atoms with Crippen LogP contribution in [-0.4, -0.2) is 19.5 Å². The van der Waals surface area contributed by atoms with Gasteiger partial charge in [-0.15, -0.1) is 11.3 Å². The number of benzene rings is 11. The van der Waals surface area contributed by atoms with Crippen molar-refractivity contribution in [3.8, 4) is 62.1 Å². The molecule has 0 N–H and O–H groups in total. The lowest BCUT2D eigenvalue weighted by Crippen LogP contribution is -2.03. The largest absolute Gasteiger partial charge is 0.309 e. The molecule has 0 aliphatic rings. The first kappa shape index (κ1) is 38.5. The van der Waals surface area contributed by atoms with Crippen LogP contribution < -0.4 is 0 Å².